The van der Waals surface area contributed by atoms with Crippen LogP contribution in [-0.2, 0) is 13.0 Å². The molecule has 0 aliphatic carbocycles. The zero-order chi connectivity index (χ0) is 27.3. The Morgan fingerprint density at radius 1 is 0.825 bits per heavy atom. The summed E-state index contributed by atoms with van der Waals surface area (Å²) in [5.74, 6) is 2.33. The number of rotatable bonds is 8. The molecule has 0 saturated carbocycles. The third-order valence-electron chi connectivity index (χ3n) is 8.16. The van der Waals surface area contributed by atoms with Crippen LogP contribution in [0.1, 0.15) is 52.9 Å². The molecule has 2 heterocycles. The van der Waals surface area contributed by atoms with Gasteiger partial charge < -0.3 is 14.8 Å². The fourth-order valence-electron chi connectivity index (χ4n) is 5.73. The SMILES string of the molecule is C[C@@H](NC(=O)c1ccc(CC2CCN(Cc3ccc4c(c3)OCO4)CC2)cc1)c1ccc(-c2ccccc2)cc1. The van der Waals surface area contributed by atoms with Crippen LogP contribution in [0.25, 0.3) is 11.1 Å². The highest BCUT2D eigenvalue weighted by atomic mass is 16.7. The molecule has 1 N–H and O–H groups in total. The zero-order valence-electron chi connectivity index (χ0n) is 23.0. The molecule has 0 radical (unpaired) electrons. The van der Waals surface area contributed by atoms with Gasteiger partial charge in [0.2, 0.25) is 6.79 Å². The molecule has 5 heteroatoms. The van der Waals surface area contributed by atoms with Gasteiger partial charge in [-0.25, -0.2) is 0 Å². The highest BCUT2D eigenvalue weighted by Gasteiger charge is 2.21. The standard InChI is InChI=1S/C35H36N2O3/c1-25(29-12-14-31(15-13-29)30-5-3-2-4-6-30)36-35(38)32-10-7-26(8-11-32)21-27-17-19-37(20-18-27)23-28-9-16-33-34(22-28)40-24-39-33/h2-16,22,25,27H,17-21,23-24H2,1H3,(H,36,38)/t25-/m1/s1. The quantitative estimate of drug-likeness (QED) is 0.265. The summed E-state index contributed by atoms with van der Waals surface area (Å²) in [4.78, 5) is 15.5. The van der Waals surface area contributed by atoms with Crippen molar-refractivity contribution in [1.82, 2.24) is 10.2 Å². The van der Waals surface area contributed by atoms with Gasteiger partial charge >= 0.3 is 0 Å². The topological polar surface area (TPSA) is 50.8 Å². The Balaban J connectivity index is 0.969. The summed E-state index contributed by atoms with van der Waals surface area (Å²) < 4.78 is 11.0. The summed E-state index contributed by atoms with van der Waals surface area (Å²) in [5, 5.41) is 3.15. The Kier molecular flexibility index (Phi) is 7.83. The number of fused-ring (bicyclic) bond motifs is 1. The molecule has 204 valence electrons. The molecule has 1 amide bonds. The number of piperidine rings is 1. The van der Waals surface area contributed by atoms with E-state index in [1.54, 1.807) is 0 Å². The van der Waals surface area contributed by atoms with Gasteiger partial charge in [-0.3, -0.25) is 9.69 Å². The molecule has 5 nitrogen and oxygen atoms in total. The first-order chi connectivity index (χ1) is 19.6. The summed E-state index contributed by atoms with van der Waals surface area (Å²) >= 11 is 0. The minimum absolute atomic E-state index is 0.0389. The van der Waals surface area contributed by atoms with E-state index >= 15 is 0 Å². The summed E-state index contributed by atoms with van der Waals surface area (Å²) in [7, 11) is 0. The molecule has 2 aliphatic rings. The number of amides is 1. The minimum atomic E-state index is -0.0696. The predicted molar refractivity (Wildman–Crippen MR) is 158 cm³/mol. The van der Waals surface area contributed by atoms with Crippen LogP contribution in [-0.4, -0.2) is 30.7 Å². The fourth-order valence-corrected chi connectivity index (χ4v) is 5.73. The van der Waals surface area contributed by atoms with Crippen LogP contribution in [0.2, 0.25) is 0 Å². The average Bonchev–Trinajstić information content (AvgIpc) is 3.47. The Hall–Kier alpha value is -4.09. The van der Waals surface area contributed by atoms with Crippen molar-refractivity contribution < 1.29 is 14.3 Å². The van der Waals surface area contributed by atoms with Crippen LogP contribution in [0.3, 0.4) is 0 Å². The number of carbonyl (C=O) groups excluding carboxylic acids is 1. The maximum atomic E-state index is 12.9. The van der Waals surface area contributed by atoms with Gasteiger partial charge in [0, 0.05) is 12.1 Å². The molecule has 0 aromatic heterocycles. The molecule has 4 aromatic rings. The van der Waals surface area contributed by atoms with E-state index in [1.807, 2.05) is 43.3 Å². The lowest BCUT2D eigenvalue weighted by atomic mass is 9.89. The first-order valence-electron chi connectivity index (χ1n) is 14.3. The molecule has 4 aromatic carbocycles. The monoisotopic (exact) mass is 532 g/mol. The lowest BCUT2D eigenvalue weighted by Crippen LogP contribution is -2.33. The molecule has 6 rings (SSSR count). The molecule has 1 fully saturated rings. The van der Waals surface area contributed by atoms with Crippen molar-refractivity contribution in [1.29, 1.82) is 0 Å². The van der Waals surface area contributed by atoms with Gasteiger partial charge in [0.1, 0.15) is 0 Å². The van der Waals surface area contributed by atoms with E-state index in [0.717, 1.165) is 43.1 Å². The first-order valence-corrected chi connectivity index (χ1v) is 14.3. The van der Waals surface area contributed by atoms with E-state index in [2.05, 4.69) is 70.9 Å². The van der Waals surface area contributed by atoms with E-state index in [9.17, 15) is 4.79 Å². The summed E-state index contributed by atoms with van der Waals surface area (Å²) in [6.45, 7) is 5.50. The van der Waals surface area contributed by atoms with Crippen molar-refractivity contribution in [2.45, 2.75) is 38.8 Å². The van der Waals surface area contributed by atoms with Crippen molar-refractivity contribution >= 4 is 5.91 Å². The van der Waals surface area contributed by atoms with Crippen LogP contribution in [0.15, 0.2) is 97.1 Å². The van der Waals surface area contributed by atoms with E-state index in [0.29, 0.717) is 18.3 Å². The van der Waals surface area contributed by atoms with Crippen LogP contribution in [0, 0.1) is 5.92 Å². The smallest absolute Gasteiger partial charge is 0.251 e. The van der Waals surface area contributed by atoms with Crippen molar-refractivity contribution in [3.05, 3.63) is 119 Å². The second kappa shape index (κ2) is 12.0. The van der Waals surface area contributed by atoms with Crippen LogP contribution >= 0.6 is 0 Å². The van der Waals surface area contributed by atoms with Crippen molar-refractivity contribution in [3.63, 3.8) is 0 Å². The maximum absolute atomic E-state index is 12.9. The molecule has 1 atom stereocenters. The number of carbonyl (C=O) groups is 1. The molecule has 40 heavy (non-hydrogen) atoms. The van der Waals surface area contributed by atoms with Gasteiger partial charge in [-0.15, -0.1) is 0 Å². The predicted octanol–water partition coefficient (Wildman–Crippen LogP) is 7.03. The van der Waals surface area contributed by atoms with Gasteiger partial charge in [0.15, 0.2) is 11.5 Å². The number of benzene rings is 4. The second-order valence-electron chi connectivity index (χ2n) is 11.0. The summed E-state index contributed by atoms with van der Waals surface area (Å²) in [6, 6.07) is 33.1. The first kappa shape index (κ1) is 26.1. The van der Waals surface area contributed by atoms with E-state index in [1.165, 1.54) is 35.1 Å². The Bertz CT molecular complexity index is 1430. The zero-order valence-corrected chi connectivity index (χ0v) is 23.0. The lowest BCUT2D eigenvalue weighted by molar-refractivity contribution is 0.0940. The summed E-state index contributed by atoms with van der Waals surface area (Å²) in [5.41, 5.74) is 6.74. The van der Waals surface area contributed by atoms with Crippen molar-refractivity contribution in [3.8, 4) is 22.6 Å². The lowest BCUT2D eigenvalue weighted by Gasteiger charge is -2.32. The largest absolute Gasteiger partial charge is 0.454 e. The number of likely N-dealkylation sites (tertiary alicyclic amines) is 1. The second-order valence-corrected chi connectivity index (χ2v) is 11.0. The number of nitrogens with zero attached hydrogens (tertiary/aromatic N) is 1. The molecular formula is C35H36N2O3. The van der Waals surface area contributed by atoms with Gasteiger partial charge in [0.05, 0.1) is 6.04 Å². The number of hydrogen-bond donors (Lipinski definition) is 1. The van der Waals surface area contributed by atoms with Crippen molar-refractivity contribution in [2.24, 2.45) is 5.92 Å². The Morgan fingerprint density at radius 2 is 1.50 bits per heavy atom. The van der Waals surface area contributed by atoms with E-state index in [-0.39, 0.29) is 11.9 Å². The van der Waals surface area contributed by atoms with Crippen LogP contribution in [0.5, 0.6) is 11.5 Å². The maximum Gasteiger partial charge on any atom is 0.251 e. The number of nitrogens with one attached hydrogen (secondary N) is 1. The van der Waals surface area contributed by atoms with Gasteiger partial charge in [-0.2, -0.15) is 0 Å². The molecule has 0 spiro atoms. The third-order valence-corrected chi connectivity index (χ3v) is 8.16. The Labute approximate surface area is 236 Å². The normalized spacial score (nSPS) is 16.0. The minimum Gasteiger partial charge on any atom is -0.454 e. The van der Waals surface area contributed by atoms with E-state index < -0.39 is 0 Å². The molecule has 0 unspecified atom stereocenters. The molecule has 0 bridgehead atoms. The van der Waals surface area contributed by atoms with Gasteiger partial charge in [-0.05, 0) is 97.3 Å². The van der Waals surface area contributed by atoms with Crippen LogP contribution < -0.4 is 14.8 Å². The molecular weight excluding hydrogens is 496 g/mol. The van der Waals surface area contributed by atoms with E-state index in [4.69, 9.17) is 9.47 Å². The highest BCUT2D eigenvalue weighted by molar-refractivity contribution is 5.94. The van der Waals surface area contributed by atoms with Gasteiger partial charge in [0.25, 0.3) is 5.91 Å². The highest BCUT2D eigenvalue weighted by Crippen LogP contribution is 2.33. The number of ether oxygens (including phenoxy) is 2. The summed E-state index contributed by atoms with van der Waals surface area (Å²) in [6.07, 6.45) is 3.44. The van der Waals surface area contributed by atoms with Crippen molar-refractivity contribution in [2.75, 3.05) is 19.9 Å². The fraction of sp³-hybridized carbons (Fsp3) is 0.286. The Morgan fingerprint density at radius 3 is 2.25 bits per heavy atom. The number of hydrogen-bond acceptors (Lipinski definition) is 4. The van der Waals surface area contributed by atoms with Crippen LogP contribution in [0.4, 0.5) is 0 Å². The third kappa shape index (κ3) is 6.21. The van der Waals surface area contributed by atoms with Gasteiger partial charge in [-0.1, -0.05) is 72.8 Å². The molecule has 1 saturated heterocycles. The average molecular weight is 533 g/mol. The molecule has 2 aliphatic heterocycles.